The number of hydrazine groups is 1. The van der Waals surface area contributed by atoms with Crippen LogP contribution in [-0.2, 0) is 4.74 Å². The molecule has 0 unspecified atom stereocenters. The van der Waals surface area contributed by atoms with Crippen LogP contribution in [0.25, 0.3) is 0 Å². The molecule has 2 rings (SSSR count). The van der Waals surface area contributed by atoms with Gasteiger partial charge in [-0.05, 0) is 19.8 Å². The van der Waals surface area contributed by atoms with Crippen LogP contribution in [0, 0.1) is 6.92 Å². The molecule has 1 saturated carbocycles. The van der Waals surface area contributed by atoms with E-state index < -0.39 is 0 Å². The first-order valence-corrected chi connectivity index (χ1v) is 6.54. The number of aromatic nitrogens is 2. The maximum absolute atomic E-state index is 8.61. The molecule has 0 radical (unpaired) electrons. The third-order valence-corrected chi connectivity index (χ3v) is 3.02. The Morgan fingerprint density at radius 1 is 1.32 bits per heavy atom. The second kappa shape index (κ2) is 6.65. The van der Waals surface area contributed by atoms with Crippen molar-refractivity contribution in [3.63, 3.8) is 0 Å². The minimum atomic E-state index is 0.0413. The highest BCUT2D eigenvalue weighted by Crippen LogP contribution is 2.39. The normalized spacial score (nSPS) is 14.5. The monoisotopic (exact) mass is 267 g/mol. The summed E-state index contributed by atoms with van der Waals surface area (Å²) in [5.41, 5.74) is 3.51. The molecule has 1 aromatic heterocycles. The van der Waals surface area contributed by atoms with E-state index in [1.165, 1.54) is 0 Å². The van der Waals surface area contributed by atoms with Crippen LogP contribution in [-0.4, -0.2) is 41.4 Å². The SMILES string of the molecule is Cc1c(NN)nc(C2CC2)nc1NCCOCCO. The molecule has 0 aromatic carbocycles. The fourth-order valence-corrected chi connectivity index (χ4v) is 1.78. The smallest absolute Gasteiger partial charge is 0.148 e. The van der Waals surface area contributed by atoms with Crippen molar-refractivity contribution >= 4 is 11.6 Å². The Labute approximate surface area is 112 Å². The van der Waals surface area contributed by atoms with Gasteiger partial charge in [0.2, 0.25) is 0 Å². The molecule has 1 aromatic rings. The second-order valence-electron chi connectivity index (χ2n) is 4.59. The van der Waals surface area contributed by atoms with Gasteiger partial charge in [0.25, 0.3) is 0 Å². The van der Waals surface area contributed by atoms with Crippen LogP contribution in [0.15, 0.2) is 0 Å². The lowest BCUT2D eigenvalue weighted by molar-refractivity contribution is 0.0992. The highest BCUT2D eigenvalue weighted by Gasteiger charge is 2.28. The van der Waals surface area contributed by atoms with Gasteiger partial charge in [0.05, 0.1) is 19.8 Å². The quantitative estimate of drug-likeness (QED) is 0.306. The molecule has 1 heterocycles. The third kappa shape index (κ3) is 3.76. The number of anilines is 2. The zero-order valence-corrected chi connectivity index (χ0v) is 11.1. The van der Waals surface area contributed by atoms with E-state index in [0.29, 0.717) is 31.5 Å². The van der Waals surface area contributed by atoms with Crippen molar-refractivity contribution in [1.82, 2.24) is 9.97 Å². The minimum Gasteiger partial charge on any atom is -0.394 e. The van der Waals surface area contributed by atoms with Gasteiger partial charge in [-0.1, -0.05) is 0 Å². The molecule has 0 bridgehead atoms. The van der Waals surface area contributed by atoms with E-state index in [2.05, 4.69) is 20.7 Å². The van der Waals surface area contributed by atoms with Gasteiger partial charge in [-0.25, -0.2) is 15.8 Å². The molecule has 5 N–H and O–H groups in total. The van der Waals surface area contributed by atoms with E-state index in [9.17, 15) is 0 Å². The summed E-state index contributed by atoms with van der Waals surface area (Å²) in [4.78, 5) is 8.96. The van der Waals surface area contributed by atoms with Crippen LogP contribution in [0.1, 0.15) is 30.1 Å². The lowest BCUT2D eigenvalue weighted by atomic mass is 10.3. The molecule has 0 atom stereocenters. The molecule has 0 aliphatic heterocycles. The Bertz CT molecular complexity index is 423. The molecule has 0 spiro atoms. The van der Waals surface area contributed by atoms with Crippen LogP contribution < -0.4 is 16.6 Å². The van der Waals surface area contributed by atoms with Crippen LogP contribution >= 0.6 is 0 Å². The number of aliphatic hydroxyl groups excluding tert-OH is 1. The summed E-state index contributed by atoms with van der Waals surface area (Å²) >= 11 is 0. The molecule has 0 amide bonds. The summed E-state index contributed by atoms with van der Waals surface area (Å²) in [6.07, 6.45) is 2.29. The summed E-state index contributed by atoms with van der Waals surface area (Å²) in [5, 5.41) is 11.8. The zero-order valence-electron chi connectivity index (χ0n) is 11.1. The van der Waals surface area contributed by atoms with E-state index in [1.54, 1.807) is 0 Å². The number of nitrogens with two attached hydrogens (primary N) is 1. The summed E-state index contributed by atoms with van der Waals surface area (Å²) in [7, 11) is 0. The summed E-state index contributed by atoms with van der Waals surface area (Å²) in [5.74, 6) is 8.25. The Balaban J connectivity index is 1.99. The van der Waals surface area contributed by atoms with Gasteiger partial charge in [-0.3, -0.25) is 0 Å². The van der Waals surface area contributed by atoms with E-state index >= 15 is 0 Å². The van der Waals surface area contributed by atoms with Crippen LogP contribution in [0.5, 0.6) is 0 Å². The molecule has 1 fully saturated rings. The molecule has 19 heavy (non-hydrogen) atoms. The van der Waals surface area contributed by atoms with Crippen molar-refractivity contribution in [3.05, 3.63) is 11.4 Å². The van der Waals surface area contributed by atoms with Gasteiger partial charge in [0.15, 0.2) is 0 Å². The van der Waals surface area contributed by atoms with Gasteiger partial charge in [0, 0.05) is 18.0 Å². The first kappa shape index (κ1) is 14.0. The summed E-state index contributed by atoms with van der Waals surface area (Å²) in [6.45, 7) is 3.47. The third-order valence-electron chi connectivity index (χ3n) is 3.02. The average molecular weight is 267 g/mol. The number of hydrogen-bond donors (Lipinski definition) is 4. The summed E-state index contributed by atoms with van der Waals surface area (Å²) < 4.78 is 5.19. The Morgan fingerprint density at radius 2 is 2.05 bits per heavy atom. The van der Waals surface area contributed by atoms with Crippen molar-refractivity contribution in [3.8, 4) is 0 Å². The van der Waals surface area contributed by atoms with Crippen LogP contribution in [0.4, 0.5) is 11.6 Å². The Hall–Kier alpha value is -1.44. The van der Waals surface area contributed by atoms with Gasteiger partial charge in [-0.2, -0.15) is 0 Å². The second-order valence-corrected chi connectivity index (χ2v) is 4.59. The standard InChI is InChI=1S/C12H21N5O2/c1-8-10(14-4-6-19-7-5-18)15-12(9-2-3-9)16-11(8)17-13/h9,18H,2-7,13H2,1H3,(H2,14,15,16,17). The predicted octanol–water partition coefficient (Wildman–Crippen LogP) is 0.369. The van der Waals surface area contributed by atoms with Crippen LogP contribution in [0.2, 0.25) is 0 Å². The van der Waals surface area contributed by atoms with Gasteiger partial charge in [-0.15, -0.1) is 0 Å². The molecule has 0 saturated heterocycles. The first-order valence-electron chi connectivity index (χ1n) is 6.54. The fraction of sp³-hybridized carbons (Fsp3) is 0.667. The molecule has 106 valence electrons. The molecule has 1 aliphatic rings. The number of nitrogens with zero attached hydrogens (tertiary/aromatic N) is 2. The largest absolute Gasteiger partial charge is 0.394 e. The topological polar surface area (TPSA) is 105 Å². The lowest BCUT2D eigenvalue weighted by Crippen LogP contribution is -2.17. The van der Waals surface area contributed by atoms with Gasteiger partial charge in [0.1, 0.15) is 17.5 Å². The lowest BCUT2D eigenvalue weighted by Gasteiger charge is -2.13. The first-order chi connectivity index (χ1) is 9.26. The van der Waals surface area contributed by atoms with Gasteiger partial charge >= 0.3 is 0 Å². The number of nitrogens with one attached hydrogen (secondary N) is 2. The van der Waals surface area contributed by atoms with Gasteiger partial charge < -0.3 is 20.6 Å². The van der Waals surface area contributed by atoms with Crippen molar-refractivity contribution in [2.45, 2.75) is 25.7 Å². The zero-order chi connectivity index (χ0) is 13.7. The number of hydrogen-bond acceptors (Lipinski definition) is 7. The average Bonchev–Trinajstić information content (AvgIpc) is 3.24. The molecule has 1 aliphatic carbocycles. The number of nitrogen functional groups attached to an aromatic ring is 1. The maximum atomic E-state index is 8.61. The van der Waals surface area contributed by atoms with Crippen molar-refractivity contribution in [1.29, 1.82) is 0 Å². The van der Waals surface area contributed by atoms with E-state index in [0.717, 1.165) is 30.0 Å². The number of aliphatic hydroxyl groups is 1. The molecular weight excluding hydrogens is 246 g/mol. The fourth-order valence-electron chi connectivity index (χ4n) is 1.78. The molecular formula is C12H21N5O2. The number of rotatable bonds is 8. The predicted molar refractivity (Wildman–Crippen MR) is 72.9 cm³/mol. The number of ether oxygens (including phenoxy) is 1. The highest BCUT2D eigenvalue weighted by molar-refractivity contribution is 5.57. The van der Waals surface area contributed by atoms with Crippen molar-refractivity contribution in [2.75, 3.05) is 37.1 Å². The Morgan fingerprint density at radius 3 is 2.68 bits per heavy atom. The molecule has 7 heteroatoms. The highest BCUT2D eigenvalue weighted by atomic mass is 16.5. The minimum absolute atomic E-state index is 0.0413. The maximum Gasteiger partial charge on any atom is 0.148 e. The Kier molecular flexibility index (Phi) is 4.89. The van der Waals surface area contributed by atoms with E-state index in [1.807, 2.05) is 6.92 Å². The van der Waals surface area contributed by atoms with Crippen molar-refractivity contribution in [2.24, 2.45) is 5.84 Å². The van der Waals surface area contributed by atoms with Crippen LogP contribution in [0.3, 0.4) is 0 Å². The van der Waals surface area contributed by atoms with E-state index in [-0.39, 0.29) is 6.61 Å². The molecule has 7 nitrogen and oxygen atoms in total. The van der Waals surface area contributed by atoms with E-state index in [4.69, 9.17) is 15.7 Å². The van der Waals surface area contributed by atoms with Crippen molar-refractivity contribution < 1.29 is 9.84 Å². The summed E-state index contributed by atoms with van der Waals surface area (Å²) in [6, 6.07) is 0.